The average molecular weight is 307 g/mol. The molecule has 0 saturated carbocycles. The molecule has 1 aromatic heterocycles. The molecule has 1 fully saturated rings. The third-order valence-corrected chi connectivity index (χ3v) is 5.68. The highest BCUT2D eigenvalue weighted by molar-refractivity contribution is 7.89. The first-order valence-electron chi connectivity index (χ1n) is 6.67. The van der Waals surface area contributed by atoms with E-state index < -0.39 is 15.6 Å². The standard InChI is InChI=1S/C14H17N3O3S/c1-14(18)6-8-17(9-14)21(19,20)12-5-4-11(15)10-3-2-7-16-13(10)12/h2-5,7,18H,6,8-9,15H2,1H3. The van der Waals surface area contributed by atoms with Gasteiger partial charge < -0.3 is 10.8 Å². The first-order chi connectivity index (χ1) is 9.81. The number of sulfonamides is 1. The van der Waals surface area contributed by atoms with Crippen molar-refractivity contribution in [2.75, 3.05) is 18.8 Å². The highest BCUT2D eigenvalue weighted by Gasteiger charge is 2.39. The summed E-state index contributed by atoms with van der Waals surface area (Å²) in [6.07, 6.45) is 1.97. The SMILES string of the molecule is CC1(O)CCN(S(=O)(=O)c2ccc(N)c3cccnc23)C1. The lowest BCUT2D eigenvalue weighted by molar-refractivity contribution is 0.0762. The molecule has 0 radical (unpaired) electrons. The van der Waals surface area contributed by atoms with Crippen LogP contribution in [0.5, 0.6) is 0 Å². The second kappa shape index (κ2) is 4.66. The van der Waals surface area contributed by atoms with Crippen molar-refractivity contribution in [3.8, 4) is 0 Å². The van der Waals surface area contributed by atoms with Gasteiger partial charge in [0.25, 0.3) is 0 Å². The third kappa shape index (κ3) is 2.37. The van der Waals surface area contributed by atoms with Crippen LogP contribution in [0, 0.1) is 0 Å². The van der Waals surface area contributed by atoms with Gasteiger partial charge in [-0.15, -0.1) is 0 Å². The zero-order valence-electron chi connectivity index (χ0n) is 11.7. The lowest BCUT2D eigenvalue weighted by atomic mass is 10.1. The number of hydrogen-bond donors (Lipinski definition) is 2. The number of benzene rings is 1. The minimum absolute atomic E-state index is 0.0913. The molecule has 0 amide bonds. The monoisotopic (exact) mass is 307 g/mol. The lowest BCUT2D eigenvalue weighted by Crippen LogP contribution is -2.34. The van der Waals surface area contributed by atoms with Crippen LogP contribution in [0.3, 0.4) is 0 Å². The molecular weight excluding hydrogens is 290 g/mol. The first kappa shape index (κ1) is 14.2. The van der Waals surface area contributed by atoms with Crippen molar-refractivity contribution in [1.82, 2.24) is 9.29 Å². The van der Waals surface area contributed by atoms with Crippen molar-refractivity contribution in [3.63, 3.8) is 0 Å². The Hall–Kier alpha value is -1.70. The summed E-state index contributed by atoms with van der Waals surface area (Å²) in [5.41, 5.74) is 5.75. The highest BCUT2D eigenvalue weighted by Crippen LogP contribution is 2.31. The summed E-state index contributed by atoms with van der Waals surface area (Å²) in [5.74, 6) is 0. The van der Waals surface area contributed by atoms with Crippen molar-refractivity contribution in [1.29, 1.82) is 0 Å². The van der Waals surface area contributed by atoms with Gasteiger partial charge in [-0.2, -0.15) is 4.31 Å². The number of nitrogens with zero attached hydrogens (tertiary/aromatic N) is 2. The Morgan fingerprint density at radius 1 is 1.38 bits per heavy atom. The number of aromatic nitrogens is 1. The zero-order valence-corrected chi connectivity index (χ0v) is 12.5. The van der Waals surface area contributed by atoms with Crippen LogP contribution in [0.15, 0.2) is 35.4 Å². The van der Waals surface area contributed by atoms with Crippen LogP contribution in [0.1, 0.15) is 13.3 Å². The summed E-state index contributed by atoms with van der Waals surface area (Å²) in [5, 5.41) is 10.6. The van der Waals surface area contributed by atoms with Gasteiger partial charge in [-0.3, -0.25) is 4.98 Å². The molecule has 1 aromatic carbocycles. The van der Waals surface area contributed by atoms with E-state index in [-0.39, 0.29) is 11.4 Å². The molecule has 0 bridgehead atoms. The molecule has 21 heavy (non-hydrogen) atoms. The Kier molecular flexibility index (Phi) is 3.16. The molecule has 0 spiro atoms. The molecule has 1 aliphatic heterocycles. The van der Waals surface area contributed by atoms with Gasteiger partial charge >= 0.3 is 0 Å². The Morgan fingerprint density at radius 3 is 2.81 bits per heavy atom. The molecule has 3 N–H and O–H groups in total. The van der Waals surface area contributed by atoms with Gasteiger partial charge in [-0.25, -0.2) is 8.42 Å². The number of pyridine rings is 1. The molecule has 3 rings (SSSR count). The molecule has 6 nitrogen and oxygen atoms in total. The fourth-order valence-corrected chi connectivity index (χ4v) is 4.33. The van der Waals surface area contributed by atoms with Crippen LogP contribution in [0.2, 0.25) is 0 Å². The van der Waals surface area contributed by atoms with Gasteiger partial charge in [0.05, 0.1) is 11.1 Å². The predicted molar refractivity (Wildman–Crippen MR) is 80.2 cm³/mol. The summed E-state index contributed by atoms with van der Waals surface area (Å²) in [7, 11) is -3.70. The number of anilines is 1. The first-order valence-corrected chi connectivity index (χ1v) is 8.11. The van der Waals surface area contributed by atoms with Gasteiger partial charge in [0.2, 0.25) is 10.0 Å². The Morgan fingerprint density at radius 2 is 2.14 bits per heavy atom. The van der Waals surface area contributed by atoms with E-state index in [1.165, 1.54) is 10.4 Å². The highest BCUT2D eigenvalue weighted by atomic mass is 32.2. The molecular formula is C14H17N3O3S. The third-order valence-electron chi connectivity index (χ3n) is 3.80. The number of nitrogens with two attached hydrogens (primary N) is 1. The minimum Gasteiger partial charge on any atom is -0.398 e. The van der Waals surface area contributed by atoms with Crippen molar-refractivity contribution < 1.29 is 13.5 Å². The molecule has 7 heteroatoms. The van der Waals surface area contributed by atoms with Crippen molar-refractivity contribution >= 4 is 26.6 Å². The molecule has 1 atom stereocenters. The molecule has 2 aromatic rings. The second-order valence-electron chi connectivity index (χ2n) is 5.64. The maximum atomic E-state index is 12.8. The zero-order chi connectivity index (χ0) is 15.3. The number of rotatable bonds is 2. The molecule has 1 aliphatic rings. The second-order valence-corrected chi connectivity index (χ2v) is 7.54. The number of hydrogen-bond acceptors (Lipinski definition) is 5. The molecule has 0 aliphatic carbocycles. The van der Waals surface area contributed by atoms with Crippen LogP contribution >= 0.6 is 0 Å². The van der Waals surface area contributed by atoms with Gasteiger partial charge in [-0.1, -0.05) is 0 Å². The van der Waals surface area contributed by atoms with Crippen LogP contribution < -0.4 is 5.73 Å². The molecule has 1 unspecified atom stereocenters. The van der Waals surface area contributed by atoms with Gasteiger partial charge in [0, 0.05) is 30.4 Å². The lowest BCUT2D eigenvalue weighted by Gasteiger charge is -2.19. The predicted octanol–water partition coefficient (Wildman–Crippen LogP) is 0.962. The smallest absolute Gasteiger partial charge is 0.245 e. The minimum atomic E-state index is -3.70. The fourth-order valence-electron chi connectivity index (χ4n) is 2.62. The van der Waals surface area contributed by atoms with Crippen LogP contribution in [-0.4, -0.2) is 41.5 Å². The van der Waals surface area contributed by atoms with E-state index in [9.17, 15) is 13.5 Å². The Labute approximate surface area is 123 Å². The number of aliphatic hydroxyl groups is 1. The van der Waals surface area contributed by atoms with Gasteiger partial charge in [0.15, 0.2) is 0 Å². The van der Waals surface area contributed by atoms with Crippen molar-refractivity contribution in [2.45, 2.75) is 23.8 Å². The van der Waals surface area contributed by atoms with E-state index in [4.69, 9.17) is 5.73 Å². The van der Waals surface area contributed by atoms with E-state index in [0.717, 1.165) is 0 Å². The van der Waals surface area contributed by atoms with E-state index in [0.29, 0.717) is 29.6 Å². The van der Waals surface area contributed by atoms with E-state index in [2.05, 4.69) is 4.98 Å². The van der Waals surface area contributed by atoms with Crippen LogP contribution in [0.25, 0.3) is 10.9 Å². The summed E-state index contributed by atoms with van der Waals surface area (Å²) < 4.78 is 26.9. The van der Waals surface area contributed by atoms with E-state index in [1.54, 1.807) is 31.3 Å². The largest absolute Gasteiger partial charge is 0.398 e. The van der Waals surface area contributed by atoms with Gasteiger partial charge in [-0.05, 0) is 37.6 Å². The summed E-state index contributed by atoms with van der Waals surface area (Å²) >= 11 is 0. The number of nitrogen functional groups attached to an aromatic ring is 1. The average Bonchev–Trinajstić information content (AvgIpc) is 2.80. The topological polar surface area (TPSA) is 96.5 Å². The summed E-state index contributed by atoms with van der Waals surface area (Å²) in [6.45, 7) is 2.03. The van der Waals surface area contributed by atoms with Crippen molar-refractivity contribution in [2.24, 2.45) is 0 Å². The van der Waals surface area contributed by atoms with Crippen LogP contribution in [-0.2, 0) is 10.0 Å². The van der Waals surface area contributed by atoms with Crippen LogP contribution in [0.4, 0.5) is 5.69 Å². The maximum absolute atomic E-state index is 12.8. The maximum Gasteiger partial charge on any atom is 0.245 e. The van der Waals surface area contributed by atoms with E-state index in [1.807, 2.05) is 0 Å². The quantitative estimate of drug-likeness (QED) is 0.806. The molecule has 2 heterocycles. The number of β-amino-alcohol motifs (C(OH)–C–C–N with tert-alkyl or cyclic N) is 1. The molecule has 1 saturated heterocycles. The van der Waals surface area contributed by atoms with Crippen molar-refractivity contribution in [3.05, 3.63) is 30.5 Å². The molecule has 112 valence electrons. The van der Waals surface area contributed by atoms with Gasteiger partial charge in [0.1, 0.15) is 4.90 Å². The Bertz CT molecular complexity index is 802. The normalized spacial score (nSPS) is 23.7. The number of fused-ring (bicyclic) bond motifs is 1. The van der Waals surface area contributed by atoms with E-state index >= 15 is 0 Å². The summed E-state index contributed by atoms with van der Waals surface area (Å²) in [6, 6.07) is 6.52. The Balaban J connectivity index is 2.14. The summed E-state index contributed by atoms with van der Waals surface area (Å²) in [4.78, 5) is 4.30. The fraction of sp³-hybridized carbons (Fsp3) is 0.357.